The van der Waals surface area contributed by atoms with Crippen LogP contribution in [-0.2, 0) is 9.59 Å². The Labute approximate surface area is 157 Å². The first-order chi connectivity index (χ1) is 13.2. The molecular formula is C19H22N6O2. The minimum absolute atomic E-state index is 0.152. The monoisotopic (exact) mass is 366 g/mol. The molecule has 0 aliphatic rings. The van der Waals surface area contributed by atoms with Gasteiger partial charge in [-0.1, -0.05) is 18.6 Å². The quantitative estimate of drug-likeness (QED) is 0.381. The van der Waals surface area contributed by atoms with Gasteiger partial charge >= 0.3 is 0 Å². The van der Waals surface area contributed by atoms with Crippen LogP contribution in [0.2, 0.25) is 0 Å². The molecule has 0 radical (unpaired) electrons. The van der Waals surface area contributed by atoms with Crippen LogP contribution in [0.15, 0.2) is 59.3 Å². The van der Waals surface area contributed by atoms with Gasteiger partial charge in [0, 0.05) is 48.8 Å². The van der Waals surface area contributed by atoms with Gasteiger partial charge in [-0.15, -0.1) is 0 Å². The third-order valence-electron chi connectivity index (χ3n) is 3.48. The number of hydrazone groups is 2. The number of hydrogen-bond acceptors (Lipinski definition) is 6. The zero-order valence-corrected chi connectivity index (χ0v) is 14.9. The standard InChI is InChI=1S/C19H22N6O2/c26-18(24-22-14-16-6-4-10-20-12-16)8-2-1-3-9-19(27)25-23-15-17-7-5-11-21-13-17/h4-7,10-15H,1-3,8-9H2,(H,24,26)(H,25,27). The predicted octanol–water partition coefficient (Wildman–Crippen LogP) is 2.03. The van der Waals surface area contributed by atoms with Crippen LogP contribution in [0.25, 0.3) is 0 Å². The normalized spacial score (nSPS) is 11.0. The summed E-state index contributed by atoms with van der Waals surface area (Å²) in [5, 5.41) is 7.76. The van der Waals surface area contributed by atoms with Crippen LogP contribution >= 0.6 is 0 Å². The molecule has 0 saturated carbocycles. The van der Waals surface area contributed by atoms with Gasteiger partial charge in [0.1, 0.15) is 0 Å². The lowest BCUT2D eigenvalue weighted by Gasteiger charge is -2.01. The zero-order chi connectivity index (χ0) is 19.2. The van der Waals surface area contributed by atoms with Crippen LogP contribution < -0.4 is 10.9 Å². The molecular weight excluding hydrogens is 344 g/mol. The van der Waals surface area contributed by atoms with E-state index in [9.17, 15) is 9.59 Å². The maximum absolute atomic E-state index is 11.7. The van der Waals surface area contributed by atoms with Crippen LogP contribution in [0.5, 0.6) is 0 Å². The molecule has 0 atom stereocenters. The van der Waals surface area contributed by atoms with Crippen molar-refractivity contribution < 1.29 is 9.59 Å². The summed E-state index contributed by atoms with van der Waals surface area (Å²) in [5.74, 6) is -0.304. The third kappa shape index (κ3) is 9.01. The van der Waals surface area contributed by atoms with Crippen molar-refractivity contribution in [2.24, 2.45) is 10.2 Å². The molecule has 0 aliphatic carbocycles. The van der Waals surface area contributed by atoms with Crippen molar-refractivity contribution in [3.8, 4) is 0 Å². The summed E-state index contributed by atoms with van der Waals surface area (Å²) in [6.07, 6.45) is 12.6. The molecule has 0 unspecified atom stereocenters. The molecule has 0 saturated heterocycles. The molecule has 2 heterocycles. The molecule has 2 aromatic heterocycles. The average molecular weight is 366 g/mol. The van der Waals surface area contributed by atoms with Gasteiger partial charge in [-0.05, 0) is 25.0 Å². The molecule has 0 aromatic carbocycles. The molecule has 140 valence electrons. The Bertz CT molecular complexity index is 697. The fourth-order valence-corrected chi connectivity index (χ4v) is 2.12. The topological polar surface area (TPSA) is 109 Å². The van der Waals surface area contributed by atoms with Gasteiger partial charge < -0.3 is 0 Å². The zero-order valence-electron chi connectivity index (χ0n) is 14.9. The van der Waals surface area contributed by atoms with Crippen molar-refractivity contribution in [3.63, 3.8) is 0 Å². The Hall–Kier alpha value is -3.42. The van der Waals surface area contributed by atoms with Gasteiger partial charge in [-0.3, -0.25) is 19.6 Å². The van der Waals surface area contributed by atoms with E-state index in [-0.39, 0.29) is 11.8 Å². The summed E-state index contributed by atoms with van der Waals surface area (Å²) in [4.78, 5) is 31.2. The van der Waals surface area contributed by atoms with Crippen LogP contribution in [0.1, 0.15) is 43.2 Å². The highest BCUT2D eigenvalue weighted by Crippen LogP contribution is 2.03. The largest absolute Gasteiger partial charge is 0.273 e. The summed E-state index contributed by atoms with van der Waals surface area (Å²) in [5.41, 5.74) is 6.58. The number of pyridine rings is 2. The summed E-state index contributed by atoms with van der Waals surface area (Å²) in [6.45, 7) is 0. The Morgan fingerprint density at radius 3 is 1.70 bits per heavy atom. The van der Waals surface area contributed by atoms with Crippen molar-refractivity contribution in [2.45, 2.75) is 32.1 Å². The Morgan fingerprint density at radius 2 is 1.30 bits per heavy atom. The number of carbonyl (C=O) groups excluding carboxylic acids is 2. The van der Waals surface area contributed by atoms with Crippen molar-refractivity contribution >= 4 is 24.2 Å². The maximum Gasteiger partial charge on any atom is 0.240 e. The molecule has 0 spiro atoms. The molecule has 0 aliphatic heterocycles. The van der Waals surface area contributed by atoms with Crippen molar-refractivity contribution in [3.05, 3.63) is 60.2 Å². The van der Waals surface area contributed by atoms with E-state index in [0.717, 1.165) is 17.5 Å². The number of rotatable bonds is 10. The minimum atomic E-state index is -0.152. The Morgan fingerprint density at radius 1 is 0.815 bits per heavy atom. The van der Waals surface area contributed by atoms with Gasteiger partial charge in [0.2, 0.25) is 11.8 Å². The molecule has 2 N–H and O–H groups in total. The summed E-state index contributed by atoms with van der Waals surface area (Å²) < 4.78 is 0. The Kier molecular flexibility index (Phi) is 8.86. The lowest BCUT2D eigenvalue weighted by Crippen LogP contribution is -2.18. The second-order valence-corrected chi connectivity index (χ2v) is 5.72. The van der Waals surface area contributed by atoms with Gasteiger partial charge in [-0.25, -0.2) is 10.9 Å². The second kappa shape index (κ2) is 12.0. The molecule has 8 heteroatoms. The van der Waals surface area contributed by atoms with Crippen LogP contribution in [0.3, 0.4) is 0 Å². The van der Waals surface area contributed by atoms with E-state index in [1.54, 1.807) is 49.3 Å². The predicted molar refractivity (Wildman–Crippen MR) is 103 cm³/mol. The van der Waals surface area contributed by atoms with E-state index in [0.29, 0.717) is 25.7 Å². The smallest absolute Gasteiger partial charge is 0.240 e. The first-order valence-corrected chi connectivity index (χ1v) is 8.68. The van der Waals surface area contributed by atoms with Crippen LogP contribution in [0.4, 0.5) is 0 Å². The Balaban J connectivity index is 1.51. The second-order valence-electron chi connectivity index (χ2n) is 5.72. The molecule has 2 amide bonds. The number of carbonyl (C=O) groups is 2. The number of amides is 2. The van der Waals surface area contributed by atoms with E-state index < -0.39 is 0 Å². The van der Waals surface area contributed by atoms with E-state index in [4.69, 9.17) is 0 Å². The van der Waals surface area contributed by atoms with Crippen LogP contribution in [-0.4, -0.2) is 34.2 Å². The van der Waals surface area contributed by atoms with Gasteiger partial charge in [0.05, 0.1) is 12.4 Å². The maximum atomic E-state index is 11.7. The highest BCUT2D eigenvalue weighted by molar-refractivity contribution is 5.82. The highest BCUT2D eigenvalue weighted by Gasteiger charge is 2.02. The SMILES string of the molecule is O=C(CCCCCC(=O)NN=Cc1cccnc1)NN=Cc1cccnc1. The fourth-order valence-electron chi connectivity index (χ4n) is 2.12. The molecule has 2 aromatic rings. The van der Waals surface area contributed by atoms with Crippen LogP contribution in [0, 0.1) is 0 Å². The van der Waals surface area contributed by atoms with Gasteiger partial charge in [0.25, 0.3) is 0 Å². The summed E-state index contributed by atoms with van der Waals surface area (Å²) in [7, 11) is 0. The number of nitrogens with one attached hydrogen (secondary N) is 2. The fraction of sp³-hybridized carbons (Fsp3) is 0.263. The van der Waals surface area contributed by atoms with Gasteiger partial charge in [0.15, 0.2) is 0 Å². The lowest BCUT2D eigenvalue weighted by molar-refractivity contribution is -0.121. The number of hydrogen-bond donors (Lipinski definition) is 2. The van der Waals surface area contributed by atoms with E-state index in [2.05, 4.69) is 31.0 Å². The summed E-state index contributed by atoms with van der Waals surface area (Å²) in [6, 6.07) is 7.27. The molecule has 8 nitrogen and oxygen atoms in total. The highest BCUT2D eigenvalue weighted by atomic mass is 16.2. The average Bonchev–Trinajstić information content (AvgIpc) is 2.69. The number of nitrogens with zero attached hydrogens (tertiary/aromatic N) is 4. The van der Waals surface area contributed by atoms with Gasteiger partial charge in [-0.2, -0.15) is 10.2 Å². The minimum Gasteiger partial charge on any atom is -0.273 e. The van der Waals surface area contributed by atoms with Crippen molar-refractivity contribution in [1.82, 2.24) is 20.8 Å². The van der Waals surface area contributed by atoms with E-state index in [1.807, 2.05) is 12.1 Å². The molecule has 2 rings (SSSR count). The molecule has 27 heavy (non-hydrogen) atoms. The first kappa shape index (κ1) is 19.9. The number of aromatic nitrogens is 2. The summed E-state index contributed by atoms with van der Waals surface area (Å²) >= 11 is 0. The third-order valence-corrected chi connectivity index (χ3v) is 3.48. The first-order valence-electron chi connectivity index (χ1n) is 8.68. The molecule has 0 bridgehead atoms. The van der Waals surface area contributed by atoms with E-state index in [1.165, 1.54) is 0 Å². The number of unbranched alkanes of at least 4 members (excludes halogenated alkanes) is 2. The lowest BCUT2D eigenvalue weighted by atomic mass is 10.1. The van der Waals surface area contributed by atoms with E-state index >= 15 is 0 Å². The van der Waals surface area contributed by atoms with Crippen molar-refractivity contribution in [1.29, 1.82) is 0 Å². The molecule has 0 fully saturated rings. The van der Waals surface area contributed by atoms with Crippen molar-refractivity contribution in [2.75, 3.05) is 0 Å².